The van der Waals surface area contributed by atoms with Gasteiger partial charge in [-0.05, 0) is 17.8 Å². The third-order valence-electron chi connectivity index (χ3n) is 1.16. The average molecular weight is 146 g/mol. The molecule has 0 heterocycles. The highest BCUT2D eigenvalue weighted by Gasteiger charge is 1.78. The third-order valence-corrected chi connectivity index (χ3v) is 1.33. The summed E-state index contributed by atoms with van der Waals surface area (Å²) in [6.07, 6.45) is 3.80. The van der Waals surface area contributed by atoms with Gasteiger partial charge in [0.1, 0.15) is 0 Å². The Balaban J connectivity index is 2.67. The maximum absolute atomic E-state index is 3.11. The maximum atomic E-state index is 3.11. The Labute approximate surface area is 64.3 Å². The van der Waals surface area contributed by atoms with Gasteiger partial charge >= 0.3 is 0 Å². The molecule has 0 unspecified atom stereocenters. The lowest BCUT2D eigenvalue weighted by molar-refractivity contribution is 1.41. The second kappa shape index (κ2) is 3.90. The van der Waals surface area contributed by atoms with E-state index in [1.165, 1.54) is 5.56 Å². The summed E-state index contributed by atoms with van der Waals surface area (Å²) in [5, 5.41) is 0. The van der Waals surface area contributed by atoms with Crippen molar-refractivity contribution >= 4 is 16.5 Å². The van der Waals surface area contributed by atoms with E-state index >= 15 is 0 Å². The highest BCUT2D eigenvalue weighted by molar-refractivity contribution is 6.05. The van der Waals surface area contributed by atoms with E-state index in [-0.39, 0.29) is 0 Å². The van der Waals surface area contributed by atoms with Crippen LogP contribution >= 0.6 is 0 Å². The van der Waals surface area contributed by atoms with Crippen LogP contribution in [0.4, 0.5) is 0 Å². The maximum Gasteiger partial charge on any atom is 0.185 e. The molecule has 1 aromatic carbocycles. The predicted molar refractivity (Wildman–Crippen MR) is 44.4 cm³/mol. The molecule has 0 fully saturated rings. The molecule has 0 aliphatic carbocycles. The van der Waals surface area contributed by atoms with Gasteiger partial charge in [0, 0.05) is 0 Å². The molecule has 0 saturated carbocycles. The van der Waals surface area contributed by atoms with Crippen molar-refractivity contribution in [1.29, 1.82) is 0 Å². The summed E-state index contributed by atoms with van der Waals surface area (Å²) >= 11 is 0. The Bertz CT molecular complexity index is 206. The van der Waals surface area contributed by atoms with E-state index in [9.17, 15) is 0 Å². The van der Waals surface area contributed by atoms with E-state index in [1.807, 2.05) is 42.6 Å². The van der Waals surface area contributed by atoms with Crippen molar-refractivity contribution in [2.75, 3.05) is 0 Å². The number of hydrogen-bond donors (Lipinski definition) is 1. The van der Waals surface area contributed by atoms with Gasteiger partial charge in [0.25, 0.3) is 0 Å². The molecule has 0 bridgehead atoms. The number of rotatable bonds is 2. The first kappa shape index (κ1) is 7.09. The Morgan fingerprint density at radius 1 is 1.20 bits per heavy atom. The van der Waals surface area contributed by atoms with E-state index in [0.29, 0.717) is 0 Å². The van der Waals surface area contributed by atoms with E-state index < -0.39 is 0 Å². The zero-order valence-corrected chi connectivity index (χ0v) is 6.54. The normalized spacial score (nSPS) is 10.1. The van der Waals surface area contributed by atoms with Crippen molar-refractivity contribution in [3.63, 3.8) is 0 Å². The van der Waals surface area contributed by atoms with Crippen molar-refractivity contribution in [3.05, 3.63) is 42.1 Å². The number of nitrogens with one attached hydrogen (secondary N) is 1. The zero-order valence-electron chi connectivity index (χ0n) is 5.54. The molecule has 0 aliphatic heterocycles. The van der Waals surface area contributed by atoms with Gasteiger partial charge in [-0.2, -0.15) is 0 Å². The molecule has 0 aliphatic rings. The molecular weight excluding hydrogens is 138 g/mol. The minimum Gasteiger partial charge on any atom is -0.419 e. The second-order valence-corrected chi connectivity index (χ2v) is 2.18. The first-order valence-corrected chi connectivity index (χ1v) is 3.57. The monoisotopic (exact) mass is 146 g/mol. The molecule has 1 rings (SSSR count). The van der Waals surface area contributed by atoms with Gasteiger partial charge in [0.15, 0.2) is 10.4 Å². The second-order valence-electron chi connectivity index (χ2n) is 1.89. The first-order chi connectivity index (χ1) is 4.93. The van der Waals surface area contributed by atoms with Gasteiger partial charge in [-0.25, -0.2) is 0 Å². The largest absolute Gasteiger partial charge is 0.419 e. The molecule has 49 valence electrons. The molecule has 0 aromatic heterocycles. The summed E-state index contributed by atoms with van der Waals surface area (Å²) in [4.78, 5) is 2.74. The van der Waals surface area contributed by atoms with Crippen LogP contribution in [0.3, 0.4) is 0 Å². The Morgan fingerprint density at radius 2 is 1.90 bits per heavy atom. The third kappa shape index (κ3) is 2.07. The summed E-state index contributed by atoms with van der Waals surface area (Å²) in [5.74, 6) is 0. The molecule has 10 heavy (non-hydrogen) atoms. The number of hydrogen-bond acceptors (Lipinski definition) is 1. The SMILES string of the molecule is [Si]N/C=C/c1ccccc1. The quantitative estimate of drug-likeness (QED) is 0.621. The standard InChI is InChI=1S/C8H8NSi/c10-9-7-6-8-4-2-1-3-5-8/h1-7,9H/b7-6+. The van der Waals surface area contributed by atoms with E-state index in [0.717, 1.165) is 0 Å². The molecule has 1 nitrogen and oxygen atoms in total. The lowest BCUT2D eigenvalue weighted by Crippen LogP contribution is -1.93. The number of benzene rings is 1. The van der Waals surface area contributed by atoms with Gasteiger partial charge in [0.2, 0.25) is 0 Å². The highest BCUT2D eigenvalue weighted by atomic mass is 28.2. The molecule has 0 spiro atoms. The van der Waals surface area contributed by atoms with Crippen LogP contribution in [0.25, 0.3) is 6.08 Å². The summed E-state index contributed by atoms with van der Waals surface area (Å²) in [5.41, 5.74) is 1.19. The van der Waals surface area contributed by atoms with Crippen LogP contribution in [0, 0.1) is 0 Å². The molecule has 2 heteroatoms. The molecule has 0 amide bonds. The fraction of sp³-hybridized carbons (Fsp3) is 0. The van der Waals surface area contributed by atoms with Crippen molar-refractivity contribution in [2.24, 2.45) is 0 Å². The fourth-order valence-electron chi connectivity index (χ4n) is 0.702. The van der Waals surface area contributed by atoms with Crippen molar-refractivity contribution < 1.29 is 0 Å². The van der Waals surface area contributed by atoms with Gasteiger partial charge < -0.3 is 4.98 Å². The van der Waals surface area contributed by atoms with Crippen LogP contribution in [-0.4, -0.2) is 10.4 Å². The Kier molecular flexibility index (Phi) is 2.77. The average Bonchev–Trinajstić information content (AvgIpc) is 2.03. The van der Waals surface area contributed by atoms with Crippen molar-refractivity contribution in [2.45, 2.75) is 0 Å². The van der Waals surface area contributed by atoms with Crippen LogP contribution in [0.2, 0.25) is 0 Å². The van der Waals surface area contributed by atoms with Crippen molar-refractivity contribution in [3.8, 4) is 0 Å². The van der Waals surface area contributed by atoms with Crippen LogP contribution in [0.5, 0.6) is 0 Å². The minimum absolute atomic E-state index is 1.19. The minimum atomic E-state index is 1.19. The topological polar surface area (TPSA) is 12.0 Å². The lowest BCUT2D eigenvalue weighted by Gasteiger charge is -1.89. The molecular formula is C8H8NSi. The zero-order chi connectivity index (χ0) is 7.23. The molecule has 1 N–H and O–H groups in total. The van der Waals surface area contributed by atoms with Crippen LogP contribution < -0.4 is 4.98 Å². The first-order valence-electron chi connectivity index (χ1n) is 3.07. The summed E-state index contributed by atoms with van der Waals surface area (Å²) in [7, 11) is 3.11. The van der Waals surface area contributed by atoms with E-state index in [1.54, 1.807) is 0 Å². The summed E-state index contributed by atoms with van der Waals surface area (Å²) < 4.78 is 0. The lowest BCUT2D eigenvalue weighted by atomic mass is 10.2. The Morgan fingerprint density at radius 3 is 2.50 bits per heavy atom. The highest BCUT2D eigenvalue weighted by Crippen LogP contribution is 1.98. The van der Waals surface area contributed by atoms with Gasteiger partial charge in [0.05, 0.1) is 0 Å². The van der Waals surface area contributed by atoms with Gasteiger partial charge in [-0.3, -0.25) is 0 Å². The van der Waals surface area contributed by atoms with Crippen molar-refractivity contribution in [1.82, 2.24) is 4.98 Å². The smallest absolute Gasteiger partial charge is 0.185 e. The summed E-state index contributed by atoms with van der Waals surface area (Å²) in [6.45, 7) is 0. The fourth-order valence-corrected chi connectivity index (χ4v) is 0.785. The van der Waals surface area contributed by atoms with Gasteiger partial charge in [-0.15, -0.1) is 0 Å². The molecule has 3 radical (unpaired) electrons. The Hall–Kier alpha value is -1.02. The summed E-state index contributed by atoms with van der Waals surface area (Å²) in [6, 6.07) is 10.1. The van der Waals surface area contributed by atoms with Gasteiger partial charge in [-0.1, -0.05) is 30.3 Å². The molecule has 1 aromatic rings. The predicted octanol–water partition coefficient (Wildman–Crippen LogP) is 1.33. The van der Waals surface area contributed by atoms with Crippen LogP contribution in [-0.2, 0) is 0 Å². The molecule has 0 atom stereocenters. The van der Waals surface area contributed by atoms with Crippen LogP contribution in [0.15, 0.2) is 36.5 Å². The molecule has 0 saturated heterocycles. The van der Waals surface area contributed by atoms with E-state index in [2.05, 4.69) is 15.4 Å². The van der Waals surface area contributed by atoms with E-state index in [4.69, 9.17) is 0 Å². The van der Waals surface area contributed by atoms with Crippen LogP contribution in [0.1, 0.15) is 5.56 Å².